The van der Waals surface area contributed by atoms with E-state index in [9.17, 15) is 13.2 Å². The summed E-state index contributed by atoms with van der Waals surface area (Å²) in [5.74, 6) is 0.129. The summed E-state index contributed by atoms with van der Waals surface area (Å²) >= 11 is 0. The molecule has 0 aliphatic heterocycles. The highest BCUT2D eigenvalue weighted by atomic mass is 19.4. The second kappa shape index (κ2) is 5.41. The lowest BCUT2D eigenvalue weighted by atomic mass is 10.2. The van der Waals surface area contributed by atoms with Gasteiger partial charge in [-0.15, -0.1) is 0 Å². The van der Waals surface area contributed by atoms with Crippen LogP contribution in [0.5, 0.6) is 5.75 Å². The highest BCUT2D eigenvalue weighted by Crippen LogP contribution is 2.21. The van der Waals surface area contributed by atoms with Gasteiger partial charge in [0.1, 0.15) is 18.4 Å². The van der Waals surface area contributed by atoms with Crippen molar-refractivity contribution in [2.75, 3.05) is 19.1 Å². The zero-order valence-electron chi connectivity index (χ0n) is 8.62. The van der Waals surface area contributed by atoms with Gasteiger partial charge < -0.3 is 15.2 Å². The molecule has 4 nitrogen and oxygen atoms in total. The molecule has 0 bridgehead atoms. The lowest BCUT2D eigenvalue weighted by molar-refractivity contribution is -0.186. The second-order valence-corrected chi connectivity index (χ2v) is 3.09. The van der Waals surface area contributed by atoms with E-state index in [-0.39, 0.29) is 11.3 Å². The Hall–Kier alpha value is -1.94. The quantitative estimate of drug-likeness (QED) is 0.501. The van der Waals surface area contributed by atoms with Crippen molar-refractivity contribution in [3.63, 3.8) is 0 Å². The van der Waals surface area contributed by atoms with Crippen LogP contribution in [0.25, 0.3) is 0 Å². The molecule has 0 radical (unpaired) electrons. The zero-order valence-corrected chi connectivity index (χ0v) is 8.62. The summed E-state index contributed by atoms with van der Waals surface area (Å²) in [5, 5.41) is 8.72. The lowest BCUT2D eigenvalue weighted by Crippen LogP contribution is -2.19. The minimum absolute atomic E-state index is 0.129. The van der Waals surface area contributed by atoms with Gasteiger partial charge in [-0.2, -0.15) is 18.4 Å². The topological polar surface area (TPSA) is 68.3 Å². The van der Waals surface area contributed by atoms with Crippen LogP contribution in [0.1, 0.15) is 5.56 Å². The molecular formula is C10H9F3N2O2. The van der Waals surface area contributed by atoms with Crippen LogP contribution in [0.15, 0.2) is 18.2 Å². The van der Waals surface area contributed by atoms with E-state index in [1.54, 1.807) is 0 Å². The Labute approximate surface area is 95.3 Å². The first kappa shape index (κ1) is 13.1. The molecule has 0 amide bonds. The molecule has 0 saturated heterocycles. The molecule has 92 valence electrons. The number of alkyl halides is 3. The highest BCUT2D eigenvalue weighted by molar-refractivity contribution is 5.53. The molecule has 0 saturated carbocycles. The predicted octanol–water partition coefficient (Wildman–Crippen LogP) is 2.06. The minimum atomic E-state index is -4.40. The number of benzene rings is 1. The maximum absolute atomic E-state index is 11.7. The standard InChI is InChI=1S/C10H9F3N2O2/c11-10(12,13)5-16-6-17-9-2-1-8(15)3-7(9)4-14/h1-3H,5-6,15H2. The third kappa shape index (κ3) is 4.61. The van der Waals surface area contributed by atoms with E-state index >= 15 is 0 Å². The number of nitrogens with two attached hydrogens (primary N) is 1. The van der Waals surface area contributed by atoms with Gasteiger partial charge in [-0.3, -0.25) is 0 Å². The number of rotatable bonds is 4. The Balaban J connectivity index is 2.50. The predicted molar refractivity (Wildman–Crippen MR) is 53.1 cm³/mol. The number of nitrogens with zero attached hydrogens (tertiary/aromatic N) is 1. The SMILES string of the molecule is N#Cc1cc(N)ccc1OCOCC(F)(F)F. The van der Waals surface area contributed by atoms with E-state index in [4.69, 9.17) is 15.7 Å². The van der Waals surface area contributed by atoms with Gasteiger partial charge in [0.25, 0.3) is 0 Å². The van der Waals surface area contributed by atoms with Crippen LogP contribution < -0.4 is 10.5 Å². The van der Waals surface area contributed by atoms with Crippen molar-refractivity contribution in [2.24, 2.45) is 0 Å². The van der Waals surface area contributed by atoms with Crippen molar-refractivity contribution < 1.29 is 22.6 Å². The van der Waals surface area contributed by atoms with Gasteiger partial charge in [0.05, 0.1) is 5.56 Å². The Bertz CT molecular complexity index is 427. The van der Waals surface area contributed by atoms with E-state index < -0.39 is 19.6 Å². The monoisotopic (exact) mass is 246 g/mol. The Morgan fingerprint density at radius 2 is 2.06 bits per heavy atom. The molecule has 0 aliphatic rings. The molecule has 0 unspecified atom stereocenters. The maximum atomic E-state index is 11.7. The van der Waals surface area contributed by atoms with E-state index in [0.717, 1.165) is 0 Å². The van der Waals surface area contributed by atoms with Crippen molar-refractivity contribution >= 4 is 5.69 Å². The molecule has 17 heavy (non-hydrogen) atoms. The van der Waals surface area contributed by atoms with Crippen molar-refractivity contribution in [3.8, 4) is 11.8 Å². The smallest absolute Gasteiger partial charge is 0.411 e. The van der Waals surface area contributed by atoms with E-state index in [1.807, 2.05) is 6.07 Å². The highest BCUT2D eigenvalue weighted by Gasteiger charge is 2.27. The van der Waals surface area contributed by atoms with Crippen LogP contribution in [0, 0.1) is 11.3 Å². The molecule has 0 aliphatic carbocycles. The van der Waals surface area contributed by atoms with E-state index in [0.29, 0.717) is 5.69 Å². The Morgan fingerprint density at radius 3 is 2.65 bits per heavy atom. The number of halogens is 3. The molecule has 2 N–H and O–H groups in total. The summed E-state index contributed by atoms with van der Waals surface area (Å²) in [5.41, 5.74) is 5.93. The average Bonchev–Trinajstić information content (AvgIpc) is 2.24. The molecular weight excluding hydrogens is 237 g/mol. The first-order chi connectivity index (χ1) is 7.92. The molecule has 7 heteroatoms. The maximum Gasteiger partial charge on any atom is 0.411 e. The largest absolute Gasteiger partial charge is 0.466 e. The molecule has 1 rings (SSSR count). The molecule has 0 spiro atoms. The summed E-state index contributed by atoms with van der Waals surface area (Å²) < 4.78 is 44.3. The third-order valence-corrected chi connectivity index (χ3v) is 1.69. The molecule has 0 atom stereocenters. The van der Waals surface area contributed by atoms with Crippen LogP contribution in [-0.2, 0) is 4.74 Å². The molecule has 0 aromatic heterocycles. The minimum Gasteiger partial charge on any atom is -0.466 e. The number of anilines is 1. The van der Waals surface area contributed by atoms with Gasteiger partial charge in [0.15, 0.2) is 6.79 Å². The second-order valence-electron chi connectivity index (χ2n) is 3.09. The van der Waals surface area contributed by atoms with Gasteiger partial charge in [-0.05, 0) is 18.2 Å². The number of nitrogen functional groups attached to an aromatic ring is 1. The van der Waals surface area contributed by atoms with Gasteiger partial charge in [0.2, 0.25) is 0 Å². The van der Waals surface area contributed by atoms with Crippen LogP contribution in [0.2, 0.25) is 0 Å². The fraction of sp³-hybridized carbons (Fsp3) is 0.300. The molecule has 0 heterocycles. The first-order valence-electron chi connectivity index (χ1n) is 4.49. The average molecular weight is 246 g/mol. The number of hydrogen-bond donors (Lipinski definition) is 1. The summed E-state index contributed by atoms with van der Waals surface area (Å²) in [6, 6.07) is 6.04. The van der Waals surface area contributed by atoms with Crippen LogP contribution >= 0.6 is 0 Å². The fourth-order valence-electron chi connectivity index (χ4n) is 1.02. The fourth-order valence-corrected chi connectivity index (χ4v) is 1.02. The van der Waals surface area contributed by atoms with Gasteiger partial charge in [-0.25, -0.2) is 0 Å². The zero-order chi connectivity index (χ0) is 12.9. The Morgan fingerprint density at radius 1 is 1.35 bits per heavy atom. The van der Waals surface area contributed by atoms with Gasteiger partial charge >= 0.3 is 6.18 Å². The third-order valence-electron chi connectivity index (χ3n) is 1.69. The van der Waals surface area contributed by atoms with Crippen LogP contribution in [0.4, 0.5) is 18.9 Å². The summed E-state index contributed by atoms with van der Waals surface area (Å²) in [7, 11) is 0. The van der Waals surface area contributed by atoms with Gasteiger partial charge in [-0.1, -0.05) is 0 Å². The van der Waals surface area contributed by atoms with Gasteiger partial charge in [0, 0.05) is 5.69 Å². The van der Waals surface area contributed by atoms with Crippen molar-refractivity contribution in [2.45, 2.75) is 6.18 Å². The number of hydrogen-bond acceptors (Lipinski definition) is 4. The van der Waals surface area contributed by atoms with Crippen molar-refractivity contribution in [3.05, 3.63) is 23.8 Å². The van der Waals surface area contributed by atoms with Crippen molar-refractivity contribution in [1.29, 1.82) is 5.26 Å². The van der Waals surface area contributed by atoms with E-state index in [1.165, 1.54) is 18.2 Å². The van der Waals surface area contributed by atoms with E-state index in [2.05, 4.69) is 4.74 Å². The molecule has 0 fully saturated rings. The number of ether oxygens (including phenoxy) is 2. The van der Waals surface area contributed by atoms with Crippen LogP contribution in [0.3, 0.4) is 0 Å². The molecule has 1 aromatic rings. The number of nitriles is 1. The normalized spacial score (nSPS) is 10.9. The summed E-state index contributed by atoms with van der Waals surface area (Å²) in [4.78, 5) is 0. The first-order valence-corrected chi connectivity index (χ1v) is 4.49. The lowest BCUT2D eigenvalue weighted by Gasteiger charge is -2.10. The molecule has 1 aromatic carbocycles. The summed E-state index contributed by atoms with van der Waals surface area (Å²) in [6.45, 7) is -1.98. The van der Waals surface area contributed by atoms with Crippen LogP contribution in [-0.4, -0.2) is 19.6 Å². The van der Waals surface area contributed by atoms with Crippen molar-refractivity contribution in [1.82, 2.24) is 0 Å². The Kier molecular flexibility index (Phi) is 4.17. The summed E-state index contributed by atoms with van der Waals surface area (Å²) in [6.07, 6.45) is -4.40.